The van der Waals surface area contributed by atoms with Crippen LogP contribution in [0.4, 0.5) is 4.39 Å². The van der Waals surface area contributed by atoms with Gasteiger partial charge in [-0.15, -0.1) is 24.0 Å². The van der Waals surface area contributed by atoms with Gasteiger partial charge in [0, 0.05) is 33.4 Å². The van der Waals surface area contributed by atoms with E-state index in [0.717, 1.165) is 50.7 Å². The summed E-state index contributed by atoms with van der Waals surface area (Å²) in [6.45, 7) is 5.39. The first-order valence-corrected chi connectivity index (χ1v) is 9.44. The first-order chi connectivity index (χ1) is 12.2. The van der Waals surface area contributed by atoms with Gasteiger partial charge in [-0.05, 0) is 55.7 Å². The number of nitrogens with one attached hydrogen (secondary N) is 2. The monoisotopic (exact) mass is 477 g/mol. The van der Waals surface area contributed by atoms with Crippen molar-refractivity contribution < 1.29 is 9.13 Å². The molecule has 2 N–H and O–H groups in total. The molecule has 1 saturated carbocycles. The molecular weight excluding hydrogens is 444 g/mol. The molecular formula is C20H33FIN3O. The molecule has 1 aliphatic rings. The molecule has 0 saturated heterocycles. The minimum absolute atomic E-state index is 0. The summed E-state index contributed by atoms with van der Waals surface area (Å²) < 4.78 is 18.5. The third-order valence-corrected chi connectivity index (χ3v) is 5.12. The van der Waals surface area contributed by atoms with E-state index in [-0.39, 0.29) is 29.8 Å². The minimum atomic E-state index is -0.192. The Kier molecular flexibility index (Phi) is 11.1. The van der Waals surface area contributed by atoms with E-state index in [0.29, 0.717) is 5.41 Å². The highest BCUT2D eigenvalue weighted by Gasteiger charge is 2.33. The Bertz CT molecular complexity index is 530. The lowest BCUT2D eigenvalue weighted by atomic mass is 9.83. The summed E-state index contributed by atoms with van der Waals surface area (Å²) >= 11 is 0. The molecule has 1 aliphatic carbocycles. The van der Waals surface area contributed by atoms with Gasteiger partial charge in [-0.1, -0.05) is 25.0 Å². The second-order valence-corrected chi connectivity index (χ2v) is 6.88. The van der Waals surface area contributed by atoms with E-state index >= 15 is 0 Å². The van der Waals surface area contributed by atoms with Gasteiger partial charge < -0.3 is 15.4 Å². The number of nitrogens with zero attached hydrogens (tertiary/aromatic N) is 1. The van der Waals surface area contributed by atoms with Gasteiger partial charge in [-0.25, -0.2) is 4.39 Å². The molecule has 1 aromatic carbocycles. The lowest BCUT2D eigenvalue weighted by Gasteiger charge is -2.30. The maximum Gasteiger partial charge on any atom is 0.191 e. The molecule has 2 rings (SSSR count). The highest BCUT2D eigenvalue weighted by molar-refractivity contribution is 14.0. The van der Waals surface area contributed by atoms with E-state index in [1.807, 2.05) is 19.1 Å². The van der Waals surface area contributed by atoms with Crippen LogP contribution in [-0.2, 0) is 11.2 Å². The maximum absolute atomic E-state index is 12.9. The smallest absolute Gasteiger partial charge is 0.191 e. The normalized spacial score (nSPS) is 16.2. The van der Waals surface area contributed by atoms with Crippen LogP contribution in [0.1, 0.15) is 44.6 Å². The molecule has 1 fully saturated rings. The summed E-state index contributed by atoms with van der Waals surface area (Å²) in [5.74, 6) is 0.646. The first kappa shape index (κ1) is 23.1. The third kappa shape index (κ3) is 7.78. The zero-order valence-electron chi connectivity index (χ0n) is 16.0. The van der Waals surface area contributed by atoms with Gasteiger partial charge in [0.1, 0.15) is 5.82 Å². The lowest BCUT2D eigenvalue weighted by molar-refractivity contribution is 0.105. The second kappa shape index (κ2) is 12.5. The Labute approximate surface area is 174 Å². The van der Waals surface area contributed by atoms with Crippen molar-refractivity contribution in [2.24, 2.45) is 10.4 Å². The van der Waals surface area contributed by atoms with E-state index in [2.05, 4.69) is 15.6 Å². The Morgan fingerprint density at radius 1 is 1.19 bits per heavy atom. The van der Waals surface area contributed by atoms with Gasteiger partial charge in [-0.2, -0.15) is 0 Å². The van der Waals surface area contributed by atoms with E-state index in [9.17, 15) is 4.39 Å². The van der Waals surface area contributed by atoms with Gasteiger partial charge in [-0.3, -0.25) is 4.99 Å². The van der Waals surface area contributed by atoms with Gasteiger partial charge in [0.05, 0.1) is 0 Å². The summed E-state index contributed by atoms with van der Waals surface area (Å²) in [6, 6.07) is 6.66. The predicted molar refractivity (Wildman–Crippen MR) is 117 cm³/mol. The molecule has 0 heterocycles. The van der Waals surface area contributed by atoms with Crippen LogP contribution < -0.4 is 10.6 Å². The average Bonchev–Trinajstić information content (AvgIpc) is 3.09. The largest absolute Gasteiger partial charge is 0.382 e. The topological polar surface area (TPSA) is 45.6 Å². The van der Waals surface area contributed by atoms with Crippen molar-refractivity contribution in [3.05, 3.63) is 35.6 Å². The van der Waals surface area contributed by atoms with Crippen molar-refractivity contribution in [1.29, 1.82) is 0 Å². The van der Waals surface area contributed by atoms with Gasteiger partial charge in [0.25, 0.3) is 0 Å². The average molecular weight is 477 g/mol. The van der Waals surface area contributed by atoms with E-state index in [1.165, 1.54) is 37.8 Å². The maximum atomic E-state index is 12.9. The van der Waals surface area contributed by atoms with Crippen molar-refractivity contribution in [1.82, 2.24) is 10.6 Å². The number of ether oxygens (including phenoxy) is 1. The summed E-state index contributed by atoms with van der Waals surface area (Å²) in [4.78, 5) is 4.33. The highest BCUT2D eigenvalue weighted by Crippen LogP contribution is 2.40. The Morgan fingerprint density at radius 2 is 1.88 bits per heavy atom. The molecule has 0 aromatic heterocycles. The third-order valence-electron chi connectivity index (χ3n) is 5.12. The van der Waals surface area contributed by atoms with Crippen molar-refractivity contribution in [2.75, 3.05) is 33.4 Å². The Hall–Kier alpha value is -0.890. The van der Waals surface area contributed by atoms with Crippen molar-refractivity contribution in [3.63, 3.8) is 0 Å². The number of hydrogen-bond donors (Lipinski definition) is 2. The molecule has 4 nitrogen and oxygen atoms in total. The molecule has 26 heavy (non-hydrogen) atoms. The SMILES string of the molecule is CCOCCC1(CNC(=NC)NCCc2ccc(F)cc2)CCCC1.I. The van der Waals surface area contributed by atoms with Gasteiger partial charge in [0.2, 0.25) is 0 Å². The quantitative estimate of drug-likeness (QED) is 0.243. The van der Waals surface area contributed by atoms with Crippen LogP contribution >= 0.6 is 24.0 Å². The fraction of sp³-hybridized carbons (Fsp3) is 0.650. The predicted octanol–water partition coefficient (Wildman–Crippen LogP) is 4.14. The van der Waals surface area contributed by atoms with Gasteiger partial charge in [0.15, 0.2) is 5.96 Å². The van der Waals surface area contributed by atoms with Crippen LogP contribution in [0.15, 0.2) is 29.3 Å². The summed E-state index contributed by atoms with van der Waals surface area (Å²) in [6.07, 6.45) is 7.10. The molecule has 0 radical (unpaired) electrons. The van der Waals surface area contributed by atoms with Crippen LogP contribution in [0.5, 0.6) is 0 Å². The van der Waals surface area contributed by atoms with Crippen LogP contribution in [0.25, 0.3) is 0 Å². The Balaban J connectivity index is 0.00000338. The van der Waals surface area contributed by atoms with Crippen molar-refractivity contribution in [2.45, 2.75) is 45.4 Å². The molecule has 0 unspecified atom stereocenters. The van der Waals surface area contributed by atoms with E-state index < -0.39 is 0 Å². The van der Waals surface area contributed by atoms with E-state index in [4.69, 9.17) is 4.74 Å². The van der Waals surface area contributed by atoms with Crippen LogP contribution in [0.2, 0.25) is 0 Å². The van der Waals surface area contributed by atoms with Crippen LogP contribution in [0.3, 0.4) is 0 Å². The number of benzene rings is 1. The molecule has 6 heteroatoms. The van der Waals surface area contributed by atoms with Gasteiger partial charge >= 0.3 is 0 Å². The highest BCUT2D eigenvalue weighted by atomic mass is 127. The van der Waals surface area contributed by atoms with E-state index in [1.54, 1.807) is 7.05 Å². The summed E-state index contributed by atoms with van der Waals surface area (Å²) in [5.41, 5.74) is 1.46. The van der Waals surface area contributed by atoms with Crippen molar-refractivity contribution >= 4 is 29.9 Å². The number of aliphatic imine (C=N–C) groups is 1. The number of halogens is 2. The molecule has 0 spiro atoms. The van der Waals surface area contributed by atoms with Crippen LogP contribution in [0, 0.1) is 11.2 Å². The number of hydrogen-bond acceptors (Lipinski definition) is 2. The molecule has 0 aliphatic heterocycles. The first-order valence-electron chi connectivity index (χ1n) is 9.44. The van der Waals surface area contributed by atoms with Crippen LogP contribution in [-0.4, -0.2) is 39.3 Å². The Morgan fingerprint density at radius 3 is 2.50 bits per heavy atom. The molecule has 1 aromatic rings. The number of guanidine groups is 1. The zero-order chi connectivity index (χ0) is 18.0. The summed E-state index contributed by atoms with van der Waals surface area (Å²) in [7, 11) is 1.80. The lowest BCUT2D eigenvalue weighted by Crippen LogP contribution is -2.44. The fourth-order valence-corrected chi connectivity index (χ4v) is 3.54. The second-order valence-electron chi connectivity index (χ2n) is 6.88. The molecule has 0 bridgehead atoms. The van der Waals surface area contributed by atoms with Crippen molar-refractivity contribution in [3.8, 4) is 0 Å². The molecule has 148 valence electrons. The molecule has 0 atom stereocenters. The molecule has 0 amide bonds. The zero-order valence-corrected chi connectivity index (χ0v) is 18.4. The number of rotatable bonds is 9. The fourth-order valence-electron chi connectivity index (χ4n) is 3.54. The summed E-state index contributed by atoms with van der Waals surface area (Å²) in [5, 5.41) is 6.85. The minimum Gasteiger partial charge on any atom is -0.382 e. The standard InChI is InChI=1S/C20H32FN3O.HI/c1-3-25-15-13-20(11-4-5-12-20)16-24-19(22-2)23-14-10-17-6-8-18(21)9-7-17;/h6-9H,3-5,10-16H2,1-2H3,(H2,22,23,24);1H.